The summed E-state index contributed by atoms with van der Waals surface area (Å²) in [5, 5.41) is 6.61. The number of hydrogen-bond donors (Lipinski definition) is 2. The molecule has 6 nitrogen and oxygen atoms in total. The Labute approximate surface area is 167 Å². The second-order valence-electron chi connectivity index (χ2n) is 5.93. The smallest absolute Gasteiger partial charge is 0.249 e. The number of benzene rings is 2. The summed E-state index contributed by atoms with van der Waals surface area (Å²) in [6.45, 7) is 6.37. The first-order chi connectivity index (χ1) is 12.9. The lowest BCUT2D eigenvalue weighted by molar-refractivity contribution is -0.126. The van der Waals surface area contributed by atoms with Crippen LogP contribution in [0.5, 0.6) is 5.75 Å². The SMILES string of the molecule is CCOc1ccc(Br)cc1C=NNC(=O)CC(=O)Nc1ccc(C)c(C)c1. The van der Waals surface area contributed by atoms with E-state index in [9.17, 15) is 9.59 Å². The number of halogens is 1. The number of carbonyl (C=O) groups is 2. The van der Waals surface area contributed by atoms with Gasteiger partial charge in [-0.2, -0.15) is 5.10 Å². The number of aryl methyl sites for hydroxylation is 2. The molecule has 0 spiro atoms. The summed E-state index contributed by atoms with van der Waals surface area (Å²) < 4.78 is 6.38. The van der Waals surface area contributed by atoms with Gasteiger partial charge in [0.1, 0.15) is 12.2 Å². The number of hydrogen-bond acceptors (Lipinski definition) is 4. The molecule has 142 valence electrons. The molecule has 7 heteroatoms. The third-order valence-electron chi connectivity index (χ3n) is 3.78. The number of rotatable bonds is 7. The molecule has 2 aromatic rings. The Morgan fingerprint density at radius 3 is 2.59 bits per heavy atom. The number of nitrogens with zero attached hydrogens (tertiary/aromatic N) is 1. The molecule has 2 aromatic carbocycles. The van der Waals surface area contributed by atoms with Crippen molar-refractivity contribution < 1.29 is 14.3 Å². The highest BCUT2D eigenvalue weighted by atomic mass is 79.9. The Hall–Kier alpha value is -2.67. The largest absolute Gasteiger partial charge is 0.493 e. The first-order valence-corrected chi connectivity index (χ1v) is 9.29. The van der Waals surface area contributed by atoms with Gasteiger partial charge in [0.15, 0.2) is 0 Å². The van der Waals surface area contributed by atoms with Gasteiger partial charge in [-0.15, -0.1) is 0 Å². The van der Waals surface area contributed by atoms with E-state index in [0.717, 1.165) is 15.6 Å². The summed E-state index contributed by atoms with van der Waals surface area (Å²) in [5.41, 5.74) is 5.94. The van der Waals surface area contributed by atoms with Gasteiger partial charge in [-0.3, -0.25) is 9.59 Å². The van der Waals surface area contributed by atoms with Crippen LogP contribution in [0.3, 0.4) is 0 Å². The molecule has 2 N–H and O–H groups in total. The van der Waals surface area contributed by atoms with E-state index in [1.165, 1.54) is 6.21 Å². The molecule has 0 aliphatic heterocycles. The lowest BCUT2D eigenvalue weighted by Gasteiger charge is -2.08. The third kappa shape index (κ3) is 6.53. The van der Waals surface area contributed by atoms with Gasteiger partial charge in [0, 0.05) is 15.7 Å². The Morgan fingerprint density at radius 1 is 1.11 bits per heavy atom. The average molecular weight is 432 g/mol. The number of anilines is 1. The molecule has 27 heavy (non-hydrogen) atoms. The van der Waals surface area contributed by atoms with Crippen LogP contribution >= 0.6 is 15.9 Å². The molecule has 2 amide bonds. The lowest BCUT2D eigenvalue weighted by atomic mass is 10.1. The van der Waals surface area contributed by atoms with Crippen molar-refractivity contribution in [2.24, 2.45) is 5.10 Å². The second-order valence-corrected chi connectivity index (χ2v) is 6.85. The van der Waals surface area contributed by atoms with E-state index in [0.29, 0.717) is 23.6 Å². The van der Waals surface area contributed by atoms with Gasteiger partial charge in [0.25, 0.3) is 0 Å². The van der Waals surface area contributed by atoms with Crippen molar-refractivity contribution in [2.75, 3.05) is 11.9 Å². The molecule has 0 heterocycles. The molecule has 0 atom stereocenters. The predicted octanol–water partition coefficient (Wildman–Crippen LogP) is 3.94. The number of carbonyl (C=O) groups excluding carboxylic acids is 2. The molecule has 0 aromatic heterocycles. The standard InChI is InChI=1S/C20H22BrN3O3/c1-4-27-18-8-6-16(21)10-15(18)12-22-24-20(26)11-19(25)23-17-7-5-13(2)14(3)9-17/h5-10,12H,4,11H2,1-3H3,(H,23,25)(H,24,26). The zero-order chi connectivity index (χ0) is 19.8. The Kier molecular flexibility index (Phi) is 7.55. The Bertz CT molecular complexity index is 866. The fourth-order valence-electron chi connectivity index (χ4n) is 2.29. The van der Waals surface area contributed by atoms with Crippen molar-refractivity contribution in [1.29, 1.82) is 0 Å². The van der Waals surface area contributed by atoms with Crippen molar-refractivity contribution in [1.82, 2.24) is 5.43 Å². The van der Waals surface area contributed by atoms with Crippen molar-refractivity contribution >= 4 is 39.6 Å². The van der Waals surface area contributed by atoms with Crippen LogP contribution in [0.15, 0.2) is 46.0 Å². The van der Waals surface area contributed by atoms with E-state index in [1.54, 1.807) is 6.07 Å². The summed E-state index contributed by atoms with van der Waals surface area (Å²) in [7, 11) is 0. The van der Waals surface area contributed by atoms with Crippen LogP contribution < -0.4 is 15.5 Å². The van der Waals surface area contributed by atoms with Crippen molar-refractivity contribution in [3.8, 4) is 5.75 Å². The maximum atomic E-state index is 12.0. The normalized spacial score (nSPS) is 10.7. The lowest BCUT2D eigenvalue weighted by Crippen LogP contribution is -2.24. The van der Waals surface area contributed by atoms with Crippen LogP contribution in [-0.4, -0.2) is 24.6 Å². The molecular formula is C20H22BrN3O3. The summed E-state index contributed by atoms with van der Waals surface area (Å²) in [5.74, 6) is -0.241. The van der Waals surface area contributed by atoms with E-state index in [2.05, 4.69) is 31.8 Å². The number of hydrazone groups is 1. The number of ether oxygens (including phenoxy) is 1. The van der Waals surface area contributed by atoms with Gasteiger partial charge < -0.3 is 10.1 Å². The van der Waals surface area contributed by atoms with Crippen LogP contribution in [0, 0.1) is 13.8 Å². The topological polar surface area (TPSA) is 79.8 Å². The molecule has 0 bridgehead atoms. The molecular weight excluding hydrogens is 410 g/mol. The number of nitrogens with one attached hydrogen (secondary N) is 2. The van der Waals surface area contributed by atoms with Crippen LogP contribution in [0.4, 0.5) is 5.69 Å². The molecule has 0 aliphatic rings. The molecule has 0 saturated heterocycles. The highest BCUT2D eigenvalue weighted by molar-refractivity contribution is 9.10. The minimum absolute atomic E-state index is 0.318. The van der Waals surface area contributed by atoms with Crippen LogP contribution in [0.1, 0.15) is 30.0 Å². The zero-order valence-corrected chi connectivity index (χ0v) is 17.1. The highest BCUT2D eigenvalue weighted by Crippen LogP contribution is 2.21. The van der Waals surface area contributed by atoms with Crippen molar-refractivity contribution in [2.45, 2.75) is 27.2 Å². The first kappa shape index (κ1) is 20.6. The molecule has 2 rings (SSSR count). The monoisotopic (exact) mass is 431 g/mol. The first-order valence-electron chi connectivity index (χ1n) is 8.50. The molecule has 0 unspecified atom stereocenters. The molecule has 0 radical (unpaired) electrons. The van der Waals surface area contributed by atoms with Crippen molar-refractivity contribution in [3.05, 3.63) is 57.6 Å². The van der Waals surface area contributed by atoms with Crippen LogP contribution in [0.2, 0.25) is 0 Å². The minimum atomic E-state index is -0.499. The van der Waals surface area contributed by atoms with Crippen LogP contribution in [-0.2, 0) is 9.59 Å². The summed E-state index contributed by atoms with van der Waals surface area (Å²) in [6.07, 6.45) is 1.16. The zero-order valence-electron chi connectivity index (χ0n) is 15.5. The molecule has 0 aliphatic carbocycles. The van der Waals surface area contributed by atoms with E-state index in [1.807, 2.05) is 51.1 Å². The van der Waals surface area contributed by atoms with Crippen molar-refractivity contribution in [3.63, 3.8) is 0 Å². The van der Waals surface area contributed by atoms with Gasteiger partial charge >= 0.3 is 0 Å². The Balaban J connectivity index is 1.90. The highest BCUT2D eigenvalue weighted by Gasteiger charge is 2.09. The van der Waals surface area contributed by atoms with E-state index in [4.69, 9.17) is 4.74 Å². The van der Waals surface area contributed by atoms with Gasteiger partial charge in [0.05, 0.1) is 12.8 Å². The fraction of sp³-hybridized carbons (Fsp3) is 0.250. The molecule has 0 fully saturated rings. The van der Waals surface area contributed by atoms with E-state index < -0.39 is 11.8 Å². The Morgan fingerprint density at radius 2 is 1.89 bits per heavy atom. The predicted molar refractivity (Wildman–Crippen MR) is 110 cm³/mol. The fourth-order valence-corrected chi connectivity index (χ4v) is 2.67. The maximum Gasteiger partial charge on any atom is 0.249 e. The summed E-state index contributed by atoms with van der Waals surface area (Å²) in [4.78, 5) is 23.9. The van der Waals surface area contributed by atoms with Gasteiger partial charge in [-0.1, -0.05) is 22.0 Å². The van der Waals surface area contributed by atoms with Crippen LogP contribution in [0.25, 0.3) is 0 Å². The second kappa shape index (κ2) is 9.87. The maximum absolute atomic E-state index is 12.0. The summed E-state index contributed by atoms with van der Waals surface area (Å²) in [6, 6.07) is 11.1. The third-order valence-corrected chi connectivity index (χ3v) is 4.27. The quantitative estimate of drug-likeness (QED) is 0.395. The van der Waals surface area contributed by atoms with Gasteiger partial charge in [-0.25, -0.2) is 5.43 Å². The average Bonchev–Trinajstić information content (AvgIpc) is 2.60. The van der Waals surface area contributed by atoms with Gasteiger partial charge in [-0.05, 0) is 62.2 Å². The van der Waals surface area contributed by atoms with E-state index in [-0.39, 0.29) is 6.42 Å². The summed E-state index contributed by atoms with van der Waals surface area (Å²) >= 11 is 3.38. The van der Waals surface area contributed by atoms with E-state index >= 15 is 0 Å². The van der Waals surface area contributed by atoms with Gasteiger partial charge in [0.2, 0.25) is 11.8 Å². The number of amides is 2. The molecule has 0 saturated carbocycles. The minimum Gasteiger partial charge on any atom is -0.493 e.